The van der Waals surface area contributed by atoms with Crippen molar-refractivity contribution in [3.8, 4) is 17.1 Å². The predicted octanol–water partition coefficient (Wildman–Crippen LogP) is 2.19. The molecule has 178 valence electrons. The van der Waals surface area contributed by atoms with E-state index < -0.39 is 0 Å². The summed E-state index contributed by atoms with van der Waals surface area (Å²) in [4.78, 5) is 21.9. The molecule has 1 aromatic carbocycles. The minimum absolute atomic E-state index is 0.0472. The molecular formula is C24H33N5O4. The smallest absolute Gasteiger partial charge is 0.324 e. The second kappa shape index (κ2) is 10.1. The average molecular weight is 456 g/mol. The van der Waals surface area contributed by atoms with Crippen LogP contribution in [0.2, 0.25) is 0 Å². The number of hydrogen-bond donors (Lipinski definition) is 1. The number of piperidine rings is 1. The molecule has 2 aromatic rings. The molecule has 5 rings (SSSR count). The molecule has 0 radical (unpaired) electrons. The molecule has 3 saturated heterocycles. The van der Waals surface area contributed by atoms with Gasteiger partial charge < -0.3 is 24.2 Å². The van der Waals surface area contributed by atoms with Crippen LogP contribution in [0.25, 0.3) is 11.4 Å². The van der Waals surface area contributed by atoms with E-state index in [1.54, 1.807) is 7.11 Å². The summed E-state index contributed by atoms with van der Waals surface area (Å²) < 4.78 is 16.2. The van der Waals surface area contributed by atoms with E-state index in [9.17, 15) is 4.79 Å². The topological polar surface area (TPSA) is 93.0 Å². The van der Waals surface area contributed by atoms with Crippen LogP contribution in [0, 0.1) is 11.8 Å². The van der Waals surface area contributed by atoms with E-state index in [2.05, 4.69) is 25.3 Å². The lowest BCUT2D eigenvalue weighted by Crippen LogP contribution is -2.42. The van der Waals surface area contributed by atoms with E-state index >= 15 is 0 Å². The summed E-state index contributed by atoms with van der Waals surface area (Å²) in [6, 6.07) is 8.67. The fourth-order valence-corrected chi connectivity index (χ4v) is 5.09. The number of carbonyl (C=O) groups is 1. The molecule has 0 aliphatic carbocycles. The number of ether oxygens (including phenoxy) is 2. The van der Waals surface area contributed by atoms with E-state index in [1.807, 2.05) is 24.3 Å². The first kappa shape index (κ1) is 22.2. The zero-order valence-electron chi connectivity index (χ0n) is 19.2. The third-order valence-corrected chi connectivity index (χ3v) is 7.20. The van der Waals surface area contributed by atoms with E-state index in [0.29, 0.717) is 23.8 Å². The monoisotopic (exact) mass is 455 g/mol. The highest BCUT2D eigenvalue weighted by atomic mass is 16.5. The van der Waals surface area contributed by atoms with Gasteiger partial charge in [0.1, 0.15) is 5.75 Å². The lowest BCUT2D eigenvalue weighted by molar-refractivity contribution is -0.125. The standard InChI is InChI=1S/C24H33N5O4/c1-31-21-4-2-18(3-5-21)22-26-24(33-27-22)28-11-7-19(8-12-28)23(30)25-14-17-6-10-29(15-17)20-9-13-32-16-20/h2-5,17,19-20H,6-16H2,1H3,(H,25,30). The van der Waals surface area contributed by atoms with Gasteiger partial charge in [0.25, 0.3) is 0 Å². The number of hydrogen-bond acceptors (Lipinski definition) is 8. The minimum Gasteiger partial charge on any atom is -0.497 e. The number of amides is 1. The molecule has 3 aliphatic heterocycles. The Morgan fingerprint density at radius 3 is 2.70 bits per heavy atom. The number of anilines is 1. The Morgan fingerprint density at radius 1 is 1.15 bits per heavy atom. The molecule has 0 saturated carbocycles. The predicted molar refractivity (Wildman–Crippen MR) is 123 cm³/mol. The van der Waals surface area contributed by atoms with Crippen molar-refractivity contribution in [1.29, 1.82) is 0 Å². The Balaban J connectivity index is 1.06. The lowest BCUT2D eigenvalue weighted by Gasteiger charge is -2.30. The molecule has 1 aromatic heterocycles. The van der Waals surface area contributed by atoms with E-state index in [-0.39, 0.29) is 11.8 Å². The van der Waals surface area contributed by atoms with Crippen LogP contribution in [0.4, 0.5) is 6.01 Å². The molecule has 1 N–H and O–H groups in total. The van der Waals surface area contributed by atoms with Gasteiger partial charge in [-0.2, -0.15) is 4.98 Å². The van der Waals surface area contributed by atoms with Gasteiger partial charge in [0.2, 0.25) is 11.7 Å². The number of aromatic nitrogens is 2. The fraction of sp³-hybridized carbons (Fsp3) is 0.625. The van der Waals surface area contributed by atoms with Crippen molar-refractivity contribution in [2.24, 2.45) is 11.8 Å². The van der Waals surface area contributed by atoms with Crippen LogP contribution in [0.5, 0.6) is 5.75 Å². The highest BCUT2D eigenvalue weighted by molar-refractivity contribution is 5.79. The first-order valence-corrected chi connectivity index (χ1v) is 12.0. The van der Waals surface area contributed by atoms with E-state index in [1.165, 1.54) is 0 Å². The second-order valence-corrected chi connectivity index (χ2v) is 9.30. The maximum atomic E-state index is 12.8. The second-order valence-electron chi connectivity index (χ2n) is 9.30. The van der Waals surface area contributed by atoms with Gasteiger partial charge >= 0.3 is 6.01 Å². The quantitative estimate of drug-likeness (QED) is 0.679. The highest BCUT2D eigenvalue weighted by Crippen LogP contribution is 2.26. The zero-order chi connectivity index (χ0) is 22.6. The number of nitrogens with zero attached hydrogens (tertiary/aromatic N) is 4. The first-order valence-electron chi connectivity index (χ1n) is 12.0. The third-order valence-electron chi connectivity index (χ3n) is 7.20. The van der Waals surface area contributed by atoms with Gasteiger partial charge in [-0.15, -0.1) is 0 Å². The number of likely N-dealkylation sites (tertiary alicyclic amines) is 1. The SMILES string of the molecule is COc1ccc(-c2noc(N3CCC(C(=O)NCC4CCN(C5CCOC5)C4)CC3)n2)cc1. The maximum absolute atomic E-state index is 12.8. The number of methoxy groups -OCH3 is 1. The first-order chi connectivity index (χ1) is 16.2. The number of benzene rings is 1. The van der Waals surface area contributed by atoms with Crippen molar-refractivity contribution in [2.45, 2.75) is 31.7 Å². The summed E-state index contributed by atoms with van der Waals surface area (Å²) in [5.41, 5.74) is 0.881. The van der Waals surface area contributed by atoms with Crippen molar-refractivity contribution < 1.29 is 18.8 Å². The molecule has 2 atom stereocenters. The molecule has 33 heavy (non-hydrogen) atoms. The van der Waals surface area contributed by atoms with Crippen LogP contribution < -0.4 is 15.0 Å². The summed E-state index contributed by atoms with van der Waals surface area (Å²) >= 11 is 0. The molecular weight excluding hydrogens is 422 g/mol. The summed E-state index contributed by atoms with van der Waals surface area (Å²) in [7, 11) is 1.64. The van der Waals surface area contributed by atoms with Gasteiger partial charge in [0.05, 0.1) is 13.7 Å². The Bertz CT molecular complexity index is 919. The molecule has 0 bridgehead atoms. The molecule has 2 unspecified atom stereocenters. The molecule has 9 nitrogen and oxygen atoms in total. The molecule has 0 spiro atoms. The summed E-state index contributed by atoms with van der Waals surface area (Å²) in [5, 5.41) is 7.34. The van der Waals surface area contributed by atoms with Gasteiger partial charge in [-0.05, 0) is 62.4 Å². The normalized spacial score (nSPS) is 24.3. The minimum atomic E-state index is 0.0472. The summed E-state index contributed by atoms with van der Waals surface area (Å²) in [6.07, 6.45) is 3.88. The molecule has 1 amide bonds. The lowest BCUT2D eigenvalue weighted by atomic mass is 9.96. The molecule has 9 heteroatoms. The Hall–Kier alpha value is -2.65. The van der Waals surface area contributed by atoms with Gasteiger partial charge in [-0.3, -0.25) is 9.69 Å². The number of rotatable bonds is 7. The fourth-order valence-electron chi connectivity index (χ4n) is 5.09. The van der Waals surface area contributed by atoms with Crippen molar-refractivity contribution in [2.75, 3.05) is 57.9 Å². The zero-order valence-corrected chi connectivity index (χ0v) is 19.2. The van der Waals surface area contributed by atoms with Crippen LogP contribution in [0.1, 0.15) is 25.7 Å². The molecule has 3 aliphatic rings. The largest absolute Gasteiger partial charge is 0.497 e. The van der Waals surface area contributed by atoms with Gasteiger partial charge in [0.15, 0.2) is 0 Å². The Kier molecular flexibility index (Phi) is 6.78. The van der Waals surface area contributed by atoms with Gasteiger partial charge in [-0.1, -0.05) is 5.16 Å². The van der Waals surface area contributed by atoms with Crippen LogP contribution in [-0.2, 0) is 9.53 Å². The van der Waals surface area contributed by atoms with E-state index in [4.69, 9.17) is 14.0 Å². The maximum Gasteiger partial charge on any atom is 0.324 e. The van der Waals surface area contributed by atoms with Crippen molar-refractivity contribution in [1.82, 2.24) is 20.4 Å². The van der Waals surface area contributed by atoms with Crippen LogP contribution in [0.3, 0.4) is 0 Å². The third kappa shape index (κ3) is 5.14. The van der Waals surface area contributed by atoms with Crippen molar-refractivity contribution in [3.63, 3.8) is 0 Å². The Labute approximate surface area is 194 Å². The van der Waals surface area contributed by atoms with Crippen LogP contribution in [-0.4, -0.2) is 80.0 Å². The van der Waals surface area contributed by atoms with Crippen molar-refractivity contribution in [3.05, 3.63) is 24.3 Å². The summed E-state index contributed by atoms with van der Waals surface area (Å²) in [6.45, 7) is 6.18. The average Bonchev–Trinajstić information content (AvgIpc) is 3.64. The van der Waals surface area contributed by atoms with Gasteiger partial charge in [-0.25, -0.2) is 0 Å². The van der Waals surface area contributed by atoms with Crippen LogP contribution in [0.15, 0.2) is 28.8 Å². The number of carbonyl (C=O) groups excluding carboxylic acids is 1. The van der Waals surface area contributed by atoms with E-state index in [0.717, 1.165) is 82.9 Å². The van der Waals surface area contributed by atoms with Gasteiger partial charge in [0, 0.05) is 50.3 Å². The summed E-state index contributed by atoms with van der Waals surface area (Å²) in [5.74, 6) is 2.12. The van der Waals surface area contributed by atoms with Crippen LogP contribution >= 0.6 is 0 Å². The highest BCUT2D eigenvalue weighted by Gasteiger charge is 2.32. The molecule has 3 fully saturated rings. The number of nitrogens with one attached hydrogen (secondary N) is 1. The van der Waals surface area contributed by atoms with Crippen molar-refractivity contribution >= 4 is 11.9 Å². The Morgan fingerprint density at radius 2 is 1.97 bits per heavy atom. The molecule has 4 heterocycles.